The molecule has 0 aliphatic carbocycles. The lowest BCUT2D eigenvalue weighted by Gasteiger charge is -2.39. The van der Waals surface area contributed by atoms with E-state index in [0.717, 1.165) is 31.5 Å². The molecule has 5 rings (SSSR count). The van der Waals surface area contributed by atoms with Gasteiger partial charge in [-0.3, -0.25) is 4.79 Å². The summed E-state index contributed by atoms with van der Waals surface area (Å²) in [5, 5.41) is 0. The number of allylic oxidation sites excluding steroid dienone is 1. The molecule has 4 aliphatic heterocycles. The Labute approximate surface area is 145 Å². The first-order valence-corrected chi connectivity index (χ1v) is 8.77. The number of hydrogen-bond acceptors (Lipinski definition) is 2. The number of benzene rings is 1. The fourth-order valence-electron chi connectivity index (χ4n) is 4.22. The quantitative estimate of drug-likeness (QED) is 0.800. The minimum absolute atomic E-state index is 0.0373. The molecular weight excluding hydrogens is 329 g/mol. The van der Waals surface area contributed by atoms with Crippen LogP contribution in [0.4, 0.5) is 13.2 Å². The van der Waals surface area contributed by atoms with Crippen LogP contribution in [0.1, 0.15) is 53.7 Å². The number of alkyl halides is 3. The number of fused-ring (bicyclic) bond motifs is 3. The topological polar surface area (TPSA) is 23.6 Å². The predicted molar refractivity (Wildman–Crippen MR) is 88.7 cm³/mol. The van der Waals surface area contributed by atoms with E-state index < -0.39 is 11.7 Å². The van der Waals surface area contributed by atoms with Crippen LogP contribution in [-0.2, 0) is 12.7 Å². The van der Waals surface area contributed by atoms with Gasteiger partial charge in [-0.2, -0.15) is 13.2 Å². The summed E-state index contributed by atoms with van der Waals surface area (Å²) >= 11 is 0. The zero-order chi connectivity index (χ0) is 17.9. The van der Waals surface area contributed by atoms with Gasteiger partial charge in [-0.15, -0.1) is 0 Å². The molecule has 0 aromatic heterocycles. The van der Waals surface area contributed by atoms with Gasteiger partial charge in [-0.1, -0.05) is 0 Å². The van der Waals surface area contributed by atoms with Gasteiger partial charge < -0.3 is 9.80 Å². The molecule has 3 nitrogen and oxygen atoms in total. The smallest absolute Gasteiger partial charge is 0.377 e. The van der Waals surface area contributed by atoms with Crippen molar-refractivity contribution in [3.8, 4) is 0 Å². The number of nitrogens with zero attached hydrogens (tertiary/aromatic N) is 2. The average molecular weight is 350 g/mol. The highest BCUT2D eigenvalue weighted by Crippen LogP contribution is 2.43. The molecule has 0 radical (unpaired) electrons. The van der Waals surface area contributed by atoms with Crippen molar-refractivity contribution in [1.82, 2.24) is 9.80 Å². The molecule has 134 valence electrons. The second-order valence-corrected chi connectivity index (χ2v) is 7.47. The molecular formula is C19H21F3N2O. The summed E-state index contributed by atoms with van der Waals surface area (Å²) in [5.74, 6) is 0.000987. The number of amides is 1. The molecule has 6 heteroatoms. The molecule has 1 saturated heterocycles. The van der Waals surface area contributed by atoms with Crippen LogP contribution in [0.5, 0.6) is 0 Å². The van der Waals surface area contributed by atoms with Gasteiger partial charge in [0.25, 0.3) is 5.91 Å². The van der Waals surface area contributed by atoms with E-state index in [2.05, 4.69) is 4.90 Å². The first-order valence-electron chi connectivity index (χ1n) is 8.77. The monoisotopic (exact) mass is 350 g/mol. The van der Waals surface area contributed by atoms with E-state index in [1.54, 1.807) is 6.07 Å². The number of carbonyl (C=O) groups is 1. The zero-order valence-electron chi connectivity index (χ0n) is 14.4. The number of rotatable bonds is 2. The number of halogens is 3. The van der Waals surface area contributed by atoms with E-state index in [9.17, 15) is 18.0 Å². The first-order chi connectivity index (χ1) is 11.8. The second kappa shape index (κ2) is 5.51. The Morgan fingerprint density at radius 3 is 2.36 bits per heavy atom. The molecule has 0 unspecified atom stereocenters. The van der Waals surface area contributed by atoms with Gasteiger partial charge in [-0.05, 0) is 61.4 Å². The largest absolute Gasteiger partial charge is 0.416 e. The van der Waals surface area contributed by atoms with Crippen LogP contribution in [0.2, 0.25) is 0 Å². The molecule has 1 aromatic carbocycles. The van der Waals surface area contributed by atoms with Crippen molar-refractivity contribution < 1.29 is 18.0 Å². The highest BCUT2D eigenvalue weighted by molar-refractivity contribution is 6.00. The van der Waals surface area contributed by atoms with E-state index in [1.807, 2.05) is 20.0 Å². The van der Waals surface area contributed by atoms with E-state index in [4.69, 9.17) is 0 Å². The highest BCUT2D eigenvalue weighted by atomic mass is 19.4. The van der Waals surface area contributed by atoms with E-state index >= 15 is 0 Å². The summed E-state index contributed by atoms with van der Waals surface area (Å²) in [6.45, 7) is 5.62. The highest BCUT2D eigenvalue weighted by Gasteiger charge is 2.41. The van der Waals surface area contributed by atoms with E-state index in [0.29, 0.717) is 11.5 Å². The fraction of sp³-hybridized carbons (Fsp3) is 0.526. The lowest BCUT2D eigenvalue weighted by Crippen LogP contribution is -2.35. The molecule has 0 atom stereocenters. The van der Waals surface area contributed by atoms with Crippen LogP contribution in [0.15, 0.2) is 18.3 Å². The summed E-state index contributed by atoms with van der Waals surface area (Å²) in [6, 6.07) is 2.81. The fourth-order valence-corrected chi connectivity index (χ4v) is 4.22. The summed E-state index contributed by atoms with van der Waals surface area (Å²) in [4.78, 5) is 16.3. The third kappa shape index (κ3) is 2.62. The Morgan fingerprint density at radius 2 is 1.84 bits per heavy atom. The summed E-state index contributed by atoms with van der Waals surface area (Å²) in [5.41, 5.74) is 1.18. The maximum absolute atomic E-state index is 13.7. The molecule has 4 aliphatic rings. The standard InChI is InChI=1S/C19H21F3N2O/c1-11(2)24-10-16-14(18(24)25)7-13(8-17(16)19(20,21)22)15-9-23-5-3-12(15)4-6-23/h7-9,11-12H,3-6,10H2,1-2H3. The molecule has 4 heterocycles. The van der Waals surface area contributed by atoms with Crippen molar-refractivity contribution in [2.24, 2.45) is 5.92 Å². The summed E-state index contributed by atoms with van der Waals surface area (Å²) in [6.07, 6.45) is -0.534. The van der Waals surface area contributed by atoms with Crippen molar-refractivity contribution in [1.29, 1.82) is 0 Å². The normalized spacial score (nSPS) is 20.6. The lowest BCUT2D eigenvalue weighted by molar-refractivity contribution is -0.138. The van der Waals surface area contributed by atoms with Crippen LogP contribution in [0.3, 0.4) is 0 Å². The van der Waals surface area contributed by atoms with E-state index in [1.165, 1.54) is 11.0 Å². The molecule has 0 saturated carbocycles. The van der Waals surface area contributed by atoms with Crippen molar-refractivity contribution >= 4 is 11.5 Å². The zero-order valence-corrected chi connectivity index (χ0v) is 14.4. The van der Waals surface area contributed by atoms with Gasteiger partial charge in [0.15, 0.2) is 0 Å². The van der Waals surface area contributed by atoms with Crippen LogP contribution in [-0.4, -0.2) is 34.8 Å². The Kier molecular flexibility index (Phi) is 3.63. The predicted octanol–water partition coefficient (Wildman–Crippen LogP) is 4.14. The van der Waals surface area contributed by atoms with Crippen molar-refractivity contribution in [3.63, 3.8) is 0 Å². The average Bonchev–Trinajstić information content (AvgIpc) is 2.91. The van der Waals surface area contributed by atoms with Crippen molar-refractivity contribution in [3.05, 3.63) is 40.6 Å². The van der Waals surface area contributed by atoms with Crippen LogP contribution in [0, 0.1) is 5.92 Å². The Balaban J connectivity index is 1.86. The van der Waals surface area contributed by atoms with Gasteiger partial charge in [0.2, 0.25) is 0 Å². The SMILES string of the molecule is CC(C)N1Cc2c(cc(C3=CN4CCC3CC4)cc2C(F)(F)F)C1=O. The van der Waals surface area contributed by atoms with Crippen molar-refractivity contribution in [2.45, 2.75) is 45.5 Å². The Bertz CT molecular complexity index is 759. The number of carbonyl (C=O) groups excluding carboxylic acids is 1. The van der Waals surface area contributed by atoms with Crippen LogP contribution in [0.25, 0.3) is 5.57 Å². The third-order valence-electron chi connectivity index (χ3n) is 5.62. The molecule has 1 amide bonds. The first kappa shape index (κ1) is 16.5. The minimum Gasteiger partial charge on any atom is -0.377 e. The molecule has 1 aromatic rings. The third-order valence-corrected chi connectivity index (χ3v) is 5.62. The molecule has 1 fully saturated rings. The molecule has 0 spiro atoms. The van der Waals surface area contributed by atoms with Crippen LogP contribution < -0.4 is 0 Å². The molecule has 25 heavy (non-hydrogen) atoms. The van der Waals surface area contributed by atoms with E-state index in [-0.39, 0.29) is 29.6 Å². The van der Waals surface area contributed by atoms with Gasteiger partial charge in [0.05, 0.1) is 5.56 Å². The second-order valence-electron chi connectivity index (χ2n) is 7.47. The lowest BCUT2D eigenvalue weighted by atomic mass is 9.81. The minimum atomic E-state index is -4.46. The summed E-state index contributed by atoms with van der Waals surface area (Å²) in [7, 11) is 0. The van der Waals surface area contributed by atoms with Crippen molar-refractivity contribution in [2.75, 3.05) is 13.1 Å². The Hall–Kier alpha value is -1.98. The van der Waals surface area contributed by atoms with Gasteiger partial charge >= 0.3 is 6.18 Å². The summed E-state index contributed by atoms with van der Waals surface area (Å²) < 4.78 is 41.0. The Morgan fingerprint density at radius 1 is 1.16 bits per heavy atom. The maximum atomic E-state index is 13.7. The number of hydrogen-bond donors (Lipinski definition) is 0. The maximum Gasteiger partial charge on any atom is 0.416 e. The number of piperidine rings is 1. The van der Waals surface area contributed by atoms with Gasteiger partial charge in [0.1, 0.15) is 0 Å². The van der Waals surface area contributed by atoms with Crippen LogP contribution >= 0.6 is 0 Å². The van der Waals surface area contributed by atoms with Gasteiger partial charge in [0, 0.05) is 37.4 Å². The van der Waals surface area contributed by atoms with Gasteiger partial charge in [-0.25, -0.2) is 0 Å². The molecule has 2 bridgehead atoms. The molecule has 0 N–H and O–H groups in total.